The topological polar surface area (TPSA) is 358 Å². The number of nitrogens with one attached hydrogen (secondary N) is 1. The monoisotopic (exact) mass is 658 g/mol. The Kier molecular flexibility index (Phi) is 7.60. The number of H-pyrrole nitrogens is 1. The van der Waals surface area contributed by atoms with Crippen LogP contribution < -0.4 is 5.73 Å². The van der Waals surface area contributed by atoms with E-state index < -0.39 is 102 Å². The first-order valence-corrected chi connectivity index (χ1v) is 15.0. The Morgan fingerprint density at radius 3 is 1.72 bits per heavy atom. The van der Waals surface area contributed by atoms with E-state index in [9.17, 15) is 53.9 Å². The third kappa shape index (κ3) is 6.22. The van der Waals surface area contributed by atoms with Gasteiger partial charge in [0.2, 0.25) is 5.82 Å². The molecule has 1 heterocycles. The second-order valence-electron chi connectivity index (χ2n) is 8.10. The maximum Gasteiger partial charge on any atom is 0.373 e. The third-order valence-electron chi connectivity index (χ3n) is 5.25. The number of aromatic nitrogens is 3. The van der Waals surface area contributed by atoms with E-state index in [4.69, 9.17) is 10.8 Å². The molecule has 226 valence electrons. The molecule has 0 bridgehead atoms. The Bertz CT molecular complexity index is 2230. The van der Waals surface area contributed by atoms with Crippen molar-refractivity contribution < 1.29 is 59.0 Å². The van der Waals surface area contributed by atoms with E-state index in [2.05, 4.69) is 35.6 Å². The Morgan fingerprint density at radius 2 is 1.26 bits per heavy atom. The predicted octanol–water partition coefficient (Wildman–Crippen LogP) is 2.22. The van der Waals surface area contributed by atoms with Crippen molar-refractivity contribution in [2.24, 2.45) is 20.5 Å². The van der Waals surface area contributed by atoms with Gasteiger partial charge in [0, 0.05) is 5.69 Å². The lowest BCUT2D eigenvalue weighted by Gasteiger charge is -2.13. The molecule has 24 heteroatoms. The fraction of sp³-hybridized carbons (Fsp3) is 0. The molecule has 0 aliphatic heterocycles. The Hall–Kier alpha value is -5.14. The number of anilines is 1. The molecule has 0 saturated carbocycles. The fourth-order valence-corrected chi connectivity index (χ4v) is 5.44. The summed E-state index contributed by atoms with van der Waals surface area (Å²) in [7, 11) is -15.6. The van der Waals surface area contributed by atoms with E-state index in [1.807, 2.05) is 0 Å². The summed E-state index contributed by atoms with van der Waals surface area (Å²) in [6.45, 7) is 0. The van der Waals surface area contributed by atoms with Crippen LogP contribution in [0.4, 0.5) is 28.7 Å². The Balaban J connectivity index is 2.03. The second kappa shape index (κ2) is 10.6. The van der Waals surface area contributed by atoms with Gasteiger partial charge in [-0.05, 0) is 35.7 Å². The van der Waals surface area contributed by atoms with Crippen LogP contribution in [0.5, 0.6) is 11.5 Å². The molecule has 4 rings (SSSR count). The molecule has 43 heavy (non-hydrogen) atoms. The van der Waals surface area contributed by atoms with Crippen LogP contribution in [0.1, 0.15) is 10.6 Å². The minimum absolute atomic E-state index is 0.135. The van der Waals surface area contributed by atoms with Crippen LogP contribution in [0.2, 0.25) is 0 Å². The lowest BCUT2D eigenvalue weighted by Crippen LogP contribution is -2.02. The SMILES string of the molecule is Nc1ccc(/N=N/c2c(S(=O)(=O)O)cc3cc(S(=O)(=O)O)c(/N=N/c4nnc(C(=O)O)[nH]4)c(O)c3c2O)c(S(=O)(=O)O)c1. The summed E-state index contributed by atoms with van der Waals surface area (Å²) in [4.78, 5) is 9.72. The standard InChI is InChI=1S/C19H14N8O13S3/c20-7-1-2-8(9(5-7)41(32,33)34)22-23-13-10(42(35,36)37)3-6-4-11(43(38,39)40)14(16(29)12(6)15(13)28)24-26-19-21-17(18(30)31)25-27-19/h1-5,28-29H,20H2,(H,30,31)(H,21,25,27)(H,32,33,34)(H,35,36,37)(H,38,39,40)/b23-22+,26-24+. The number of rotatable bonds is 8. The molecule has 0 atom stereocenters. The van der Waals surface area contributed by atoms with Crippen LogP contribution in [-0.4, -0.2) is 75.4 Å². The second-order valence-corrected chi connectivity index (χ2v) is 12.3. The van der Waals surface area contributed by atoms with E-state index in [1.54, 1.807) is 0 Å². The van der Waals surface area contributed by atoms with Gasteiger partial charge in [0.05, 0.1) is 5.39 Å². The van der Waals surface area contributed by atoms with Gasteiger partial charge in [-0.2, -0.15) is 25.3 Å². The number of nitrogens with two attached hydrogens (primary N) is 1. The summed E-state index contributed by atoms with van der Waals surface area (Å²) < 4.78 is 101. The number of phenolic OH excluding ortho intramolecular Hbond substituents is 2. The average Bonchev–Trinajstić information content (AvgIpc) is 3.35. The van der Waals surface area contributed by atoms with Gasteiger partial charge in [-0.25, -0.2) is 4.79 Å². The lowest BCUT2D eigenvalue weighted by molar-refractivity contribution is 0.0684. The van der Waals surface area contributed by atoms with E-state index >= 15 is 0 Å². The summed E-state index contributed by atoms with van der Waals surface area (Å²) in [6.07, 6.45) is 0. The molecule has 0 unspecified atom stereocenters. The first-order chi connectivity index (χ1) is 19.8. The zero-order valence-electron chi connectivity index (χ0n) is 20.4. The number of nitrogens with zero attached hydrogens (tertiary/aromatic N) is 6. The number of aromatic amines is 1. The lowest BCUT2D eigenvalue weighted by atomic mass is 10.1. The van der Waals surface area contributed by atoms with Crippen molar-refractivity contribution in [3.8, 4) is 11.5 Å². The smallest absolute Gasteiger partial charge is 0.373 e. The van der Waals surface area contributed by atoms with Gasteiger partial charge in [0.25, 0.3) is 36.3 Å². The molecular weight excluding hydrogens is 644 g/mol. The number of carbonyl (C=O) groups is 1. The first-order valence-electron chi connectivity index (χ1n) is 10.7. The van der Waals surface area contributed by atoms with Gasteiger partial charge in [-0.3, -0.25) is 18.6 Å². The quantitative estimate of drug-likeness (QED) is 0.0763. The maximum atomic E-state index is 12.1. The predicted molar refractivity (Wildman–Crippen MR) is 139 cm³/mol. The Labute approximate surface area is 238 Å². The summed E-state index contributed by atoms with van der Waals surface area (Å²) in [5.74, 6) is -5.42. The number of carboxylic acids is 1. The van der Waals surface area contributed by atoms with Gasteiger partial charge < -0.3 is 21.1 Å². The molecular formula is C19H14N8O13S3. The normalized spacial score (nSPS) is 12.9. The first kappa shape index (κ1) is 30.8. The fourth-order valence-electron chi connectivity index (χ4n) is 3.46. The summed E-state index contributed by atoms with van der Waals surface area (Å²) in [5, 5.41) is 49.6. The number of hydrogen-bond acceptors (Lipinski definition) is 16. The highest BCUT2D eigenvalue weighted by Crippen LogP contribution is 2.50. The average molecular weight is 659 g/mol. The molecule has 0 amide bonds. The number of fused-ring (bicyclic) bond motifs is 1. The van der Waals surface area contributed by atoms with E-state index in [0.717, 1.165) is 18.2 Å². The van der Waals surface area contributed by atoms with Crippen molar-refractivity contribution in [2.45, 2.75) is 14.7 Å². The van der Waals surface area contributed by atoms with Crippen LogP contribution in [0, 0.1) is 0 Å². The van der Waals surface area contributed by atoms with Crippen LogP contribution >= 0.6 is 0 Å². The molecule has 0 saturated heterocycles. The van der Waals surface area contributed by atoms with Crippen molar-refractivity contribution >= 4 is 75.8 Å². The molecule has 21 nitrogen and oxygen atoms in total. The van der Waals surface area contributed by atoms with Crippen LogP contribution in [0.15, 0.2) is 65.5 Å². The highest BCUT2D eigenvalue weighted by Gasteiger charge is 2.29. The van der Waals surface area contributed by atoms with Gasteiger partial charge in [-0.1, -0.05) is 0 Å². The molecule has 0 spiro atoms. The molecule has 1 aromatic heterocycles. The van der Waals surface area contributed by atoms with Crippen molar-refractivity contribution in [3.63, 3.8) is 0 Å². The number of benzene rings is 3. The highest BCUT2D eigenvalue weighted by molar-refractivity contribution is 7.86. The van der Waals surface area contributed by atoms with Gasteiger partial charge >= 0.3 is 5.97 Å². The number of carboxylic acid groups (broad SMARTS) is 1. The summed E-state index contributed by atoms with van der Waals surface area (Å²) >= 11 is 0. The summed E-state index contributed by atoms with van der Waals surface area (Å²) in [6, 6.07) is 3.88. The van der Waals surface area contributed by atoms with E-state index in [-0.39, 0.29) is 5.69 Å². The minimum Gasteiger partial charge on any atom is -0.505 e. The third-order valence-corrected chi connectivity index (χ3v) is 7.87. The number of aromatic carboxylic acids is 1. The van der Waals surface area contributed by atoms with Crippen LogP contribution in [0.25, 0.3) is 10.8 Å². The van der Waals surface area contributed by atoms with Crippen LogP contribution in [-0.2, 0) is 30.4 Å². The molecule has 9 N–H and O–H groups in total. The van der Waals surface area contributed by atoms with E-state index in [1.165, 1.54) is 0 Å². The van der Waals surface area contributed by atoms with Gasteiger partial charge in [-0.15, -0.1) is 30.7 Å². The molecule has 4 aromatic rings. The Morgan fingerprint density at radius 1 is 0.744 bits per heavy atom. The minimum atomic E-state index is -5.32. The van der Waals surface area contributed by atoms with Crippen molar-refractivity contribution in [2.75, 3.05) is 5.73 Å². The van der Waals surface area contributed by atoms with Crippen molar-refractivity contribution in [1.82, 2.24) is 15.2 Å². The summed E-state index contributed by atoms with van der Waals surface area (Å²) in [5.41, 5.74) is 2.56. The molecule has 0 aliphatic rings. The van der Waals surface area contributed by atoms with Gasteiger partial charge in [0.15, 0.2) is 11.5 Å². The zero-order valence-corrected chi connectivity index (χ0v) is 22.9. The number of aromatic hydroxyl groups is 2. The molecule has 0 radical (unpaired) electrons. The largest absolute Gasteiger partial charge is 0.505 e. The number of hydrogen-bond donors (Lipinski definition) is 8. The molecule has 0 fully saturated rings. The van der Waals surface area contributed by atoms with Crippen LogP contribution in [0.3, 0.4) is 0 Å². The number of azo groups is 2. The van der Waals surface area contributed by atoms with Crippen molar-refractivity contribution in [3.05, 3.63) is 36.2 Å². The highest BCUT2D eigenvalue weighted by atomic mass is 32.2. The molecule has 3 aromatic carbocycles. The van der Waals surface area contributed by atoms with Gasteiger partial charge in [0.1, 0.15) is 31.7 Å². The number of phenols is 2. The maximum absolute atomic E-state index is 12.1. The number of nitrogen functional groups attached to an aromatic ring is 1. The molecule has 0 aliphatic carbocycles. The zero-order chi connectivity index (χ0) is 32.1. The van der Waals surface area contributed by atoms with E-state index in [0.29, 0.717) is 12.1 Å². The van der Waals surface area contributed by atoms with Crippen molar-refractivity contribution in [1.29, 1.82) is 0 Å².